The van der Waals surface area contributed by atoms with Crippen LogP contribution in [0.5, 0.6) is 0 Å². The highest BCUT2D eigenvalue weighted by molar-refractivity contribution is 6.37. The van der Waals surface area contributed by atoms with Crippen LogP contribution in [0.3, 0.4) is 0 Å². The molecule has 0 radical (unpaired) electrons. The van der Waals surface area contributed by atoms with Gasteiger partial charge in [0.05, 0.1) is 11.4 Å². The Hall–Kier alpha value is -3.08. The summed E-state index contributed by atoms with van der Waals surface area (Å²) in [6.07, 6.45) is 2.41. The fourth-order valence-electron chi connectivity index (χ4n) is 3.84. The van der Waals surface area contributed by atoms with Gasteiger partial charge < -0.3 is 10.3 Å². The number of H-pyrrole nitrogens is 1. The first-order valence-corrected chi connectivity index (χ1v) is 10.3. The number of hydrogen-bond acceptors (Lipinski definition) is 2. The normalized spacial score (nSPS) is 16.0. The van der Waals surface area contributed by atoms with Gasteiger partial charge in [-0.15, -0.1) is 0 Å². The Labute approximate surface area is 183 Å². The maximum Gasteiger partial charge on any atom is 0.249 e. The monoisotopic (exact) mass is 433 g/mol. The first kappa shape index (κ1) is 18.9. The Morgan fingerprint density at radius 2 is 1.73 bits per heavy atom. The smallest absolute Gasteiger partial charge is 0.249 e. The van der Waals surface area contributed by atoms with Crippen LogP contribution in [0.1, 0.15) is 16.7 Å². The number of fused-ring (bicyclic) bond motifs is 2. The van der Waals surface area contributed by atoms with Crippen molar-refractivity contribution < 1.29 is 4.79 Å². The largest absolute Gasteiger partial charge is 0.361 e. The Kier molecular flexibility index (Phi) is 4.81. The van der Waals surface area contributed by atoms with Crippen LogP contribution in [0.25, 0.3) is 10.9 Å². The van der Waals surface area contributed by atoms with E-state index in [9.17, 15) is 4.79 Å². The third-order valence-corrected chi connectivity index (χ3v) is 5.86. The molecule has 2 N–H and O–H groups in total. The highest BCUT2D eigenvalue weighted by Gasteiger charge is 2.27. The molecule has 1 atom stereocenters. The van der Waals surface area contributed by atoms with E-state index in [-0.39, 0.29) is 5.91 Å². The van der Waals surface area contributed by atoms with E-state index < -0.39 is 6.04 Å². The van der Waals surface area contributed by atoms with Crippen LogP contribution < -0.4 is 5.32 Å². The predicted octanol–water partition coefficient (Wildman–Crippen LogP) is 5.88. The number of aromatic amines is 1. The minimum Gasteiger partial charge on any atom is -0.361 e. The average molecular weight is 434 g/mol. The minimum absolute atomic E-state index is 0.161. The van der Waals surface area contributed by atoms with E-state index in [0.717, 1.165) is 27.6 Å². The van der Waals surface area contributed by atoms with Crippen molar-refractivity contribution in [3.8, 4) is 0 Å². The van der Waals surface area contributed by atoms with E-state index in [1.54, 1.807) is 12.1 Å². The summed E-state index contributed by atoms with van der Waals surface area (Å²) >= 11 is 12.8. The number of nitrogens with zero attached hydrogens (tertiary/aromatic N) is 1. The number of benzene rings is 3. The van der Waals surface area contributed by atoms with Crippen molar-refractivity contribution >= 4 is 51.4 Å². The molecule has 5 rings (SSSR count). The summed E-state index contributed by atoms with van der Waals surface area (Å²) in [6.45, 7) is 0. The average Bonchev–Trinajstić information content (AvgIpc) is 3.10. The third kappa shape index (κ3) is 3.38. The number of hydrogen-bond donors (Lipinski definition) is 2. The zero-order valence-electron chi connectivity index (χ0n) is 15.8. The maximum absolute atomic E-state index is 13.1. The van der Waals surface area contributed by atoms with Crippen molar-refractivity contribution in [2.45, 2.75) is 12.5 Å². The first-order valence-electron chi connectivity index (χ1n) is 9.58. The number of anilines is 1. The minimum atomic E-state index is -0.610. The van der Waals surface area contributed by atoms with Gasteiger partial charge >= 0.3 is 0 Å². The van der Waals surface area contributed by atoms with Gasteiger partial charge in [-0.25, -0.2) is 0 Å². The van der Waals surface area contributed by atoms with Crippen molar-refractivity contribution in [1.82, 2.24) is 4.98 Å². The molecule has 1 aromatic heterocycles. The standard InChI is InChI=1S/C24H17Cl2N3O/c25-15-9-10-21-18(12-15)23(17-6-1-3-7-19(17)26)28-22(24(30)29-21)11-14-13-27-20-8-4-2-5-16(14)20/h1-10,12-13,22,27H,11H2,(H,29,30). The van der Waals surface area contributed by atoms with Crippen LogP contribution in [-0.2, 0) is 11.2 Å². The second kappa shape index (κ2) is 7.63. The topological polar surface area (TPSA) is 57.2 Å². The lowest BCUT2D eigenvalue weighted by molar-refractivity contribution is -0.117. The number of para-hydroxylation sites is 1. The molecule has 1 unspecified atom stereocenters. The lowest BCUT2D eigenvalue weighted by Gasteiger charge is -2.12. The molecule has 1 aliphatic rings. The van der Waals surface area contributed by atoms with Gasteiger partial charge in [0, 0.05) is 44.7 Å². The maximum atomic E-state index is 13.1. The van der Waals surface area contributed by atoms with Gasteiger partial charge in [-0.05, 0) is 35.9 Å². The number of aliphatic imine (C=N–C) groups is 1. The number of benzodiazepines with no additional fused rings is 1. The van der Waals surface area contributed by atoms with Crippen LogP contribution in [0.15, 0.2) is 77.9 Å². The molecule has 148 valence electrons. The van der Waals surface area contributed by atoms with E-state index in [4.69, 9.17) is 28.2 Å². The zero-order chi connectivity index (χ0) is 20.7. The molecule has 0 saturated heterocycles. The summed E-state index contributed by atoms with van der Waals surface area (Å²) in [5.74, 6) is -0.161. The molecule has 0 saturated carbocycles. The Bertz CT molecular complexity index is 1310. The van der Waals surface area contributed by atoms with Crippen molar-refractivity contribution in [3.63, 3.8) is 0 Å². The van der Waals surface area contributed by atoms with E-state index in [1.807, 2.05) is 60.8 Å². The highest BCUT2D eigenvalue weighted by Crippen LogP contribution is 2.31. The number of aromatic nitrogens is 1. The van der Waals surface area contributed by atoms with Gasteiger partial charge in [-0.2, -0.15) is 0 Å². The molecule has 0 bridgehead atoms. The summed E-state index contributed by atoms with van der Waals surface area (Å²) in [4.78, 5) is 21.3. The Morgan fingerprint density at radius 1 is 0.933 bits per heavy atom. The number of carbonyl (C=O) groups excluding carboxylic acids is 1. The van der Waals surface area contributed by atoms with Gasteiger partial charge in [-0.1, -0.05) is 59.6 Å². The number of amides is 1. The van der Waals surface area contributed by atoms with Crippen molar-refractivity contribution in [3.05, 3.63) is 99.7 Å². The van der Waals surface area contributed by atoms with Crippen LogP contribution in [-0.4, -0.2) is 22.6 Å². The first-order chi connectivity index (χ1) is 14.6. The lowest BCUT2D eigenvalue weighted by Crippen LogP contribution is -2.27. The van der Waals surface area contributed by atoms with Crippen LogP contribution >= 0.6 is 23.2 Å². The number of nitrogens with one attached hydrogen (secondary N) is 2. The summed E-state index contributed by atoms with van der Waals surface area (Å²) in [5, 5.41) is 5.24. The molecule has 4 aromatic rings. The molecule has 3 aromatic carbocycles. The Balaban J connectivity index is 1.65. The van der Waals surface area contributed by atoms with Gasteiger partial charge in [-0.3, -0.25) is 9.79 Å². The van der Waals surface area contributed by atoms with Crippen LogP contribution in [0.2, 0.25) is 10.0 Å². The third-order valence-electron chi connectivity index (χ3n) is 5.30. The fraction of sp³-hybridized carbons (Fsp3) is 0.0833. The second-order valence-corrected chi connectivity index (χ2v) is 8.06. The number of halogens is 2. The van der Waals surface area contributed by atoms with Gasteiger partial charge in [0.25, 0.3) is 0 Å². The SMILES string of the molecule is O=C1Nc2ccc(Cl)cc2C(c2ccccc2Cl)=NC1Cc1c[nH]c2ccccc12. The molecular weight excluding hydrogens is 417 g/mol. The molecule has 2 heterocycles. The summed E-state index contributed by atoms with van der Waals surface area (Å²) in [5.41, 5.74) is 4.92. The molecule has 0 fully saturated rings. The van der Waals surface area contributed by atoms with Gasteiger partial charge in [0.15, 0.2) is 0 Å². The molecule has 1 aliphatic heterocycles. The van der Waals surface area contributed by atoms with E-state index in [2.05, 4.69) is 10.3 Å². The summed E-state index contributed by atoms with van der Waals surface area (Å²) < 4.78 is 0. The molecular formula is C24H17Cl2N3O. The molecule has 6 heteroatoms. The van der Waals surface area contributed by atoms with Crippen molar-refractivity contribution in [2.75, 3.05) is 5.32 Å². The van der Waals surface area contributed by atoms with Crippen LogP contribution in [0.4, 0.5) is 5.69 Å². The lowest BCUT2D eigenvalue weighted by atomic mass is 10.00. The van der Waals surface area contributed by atoms with E-state index in [1.165, 1.54) is 0 Å². The predicted molar refractivity (Wildman–Crippen MR) is 123 cm³/mol. The van der Waals surface area contributed by atoms with E-state index >= 15 is 0 Å². The van der Waals surface area contributed by atoms with E-state index in [0.29, 0.717) is 27.9 Å². The second-order valence-electron chi connectivity index (χ2n) is 7.22. The number of carbonyl (C=O) groups is 1. The van der Waals surface area contributed by atoms with Crippen molar-refractivity contribution in [1.29, 1.82) is 0 Å². The molecule has 4 nitrogen and oxygen atoms in total. The van der Waals surface area contributed by atoms with Crippen LogP contribution in [0, 0.1) is 0 Å². The summed E-state index contributed by atoms with van der Waals surface area (Å²) in [7, 11) is 0. The molecule has 1 amide bonds. The zero-order valence-corrected chi connectivity index (χ0v) is 17.3. The molecule has 0 aliphatic carbocycles. The quantitative estimate of drug-likeness (QED) is 0.416. The molecule has 30 heavy (non-hydrogen) atoms. The number of rotatable bonds is 3. The van der Waals surface area contributed by atoms with Crippen molar-refractivity contribution in [2.24, 2.45) is 4.99 Å². The molecule has 0 spiro atoms. The summed E-state index contributed by atoms with van der Waals surface area (Å²) in [6, 6.07) is 20.3. The van der Waals surface area contributed by atoms with Gasteiger partial charge in [0.2, 0.25) is 5.91 Å². The highest BCUT2D eigenvalue weighted by atomic mass is 35.5. The van der Waals surface area contributed by atoms with Gasteiger partial charge in [0.1, 0.15) is 6.04 Å². The Morgan fingerprint density at radius 3 is 2.60 bits per heavy atom. The fourth-order valence-corrected chi connectivity index (χ4v) is 4.23.